The maximum atomic E-state index is 5.28. The minimum atomic E-state index is 0.565. The number of anilines is 2. The van der Waals surface area contributed by atoms with E-state index in [1.165, 1.54) is 0 Å². The monoisotopic (exact) mass is 299 g/mol. The van der Waals surface area contributed by atoms with Gasteiger partial charge in [0, 0.05) is 35.6 Å². The predicted molar refractivity (Wildman–Crippen MR) is 83.1 cm³/mol. The van der Waals surface area contributed by atoms with Crippen LogP contribution in [0.3, 0.4) is 0 Å². The normalized spacial score (nSPS) is 10.7. The van der Waals surface area contributed by atoms with Crippen LogP contribution >= 0.6 is 0 Å². The molecular formula is C15H17N5O2. The average Bonchev–Trinajstić information content (AvgIpc) is 2.87. The summed E-state index contributed by atoms with van der Waals surface area (Å²) < 4.78 is 12.2. The molecule has 22 heavy (non-hydrogen) atoms. The van der Waals surface area contributed by atoms with E-state index in [9.17, 15) is 0 Å². The summed E-state index contributed by atoms with van der Waals surface area (Å²) in [6.07, 6.45) is 0. The Kier molecular flexibility index (Phi) is 3.54. The van der Waals surface area contributed by atoms with Gasteiger partial charge in [-0.1, -0.05) is 0 Å². The van der Waals surface area contributed by atoms with E-state index in [1.807, 2.05) is 38.1 Å². The van der Waals surface area contributed by atoms with Gasteiger partial charge < -0.3 is 14.8 Å². The zero-order valence-corrected chi connectivity index (χ0v) is 12.9. The molecule has 0 saturated heterocycles. The molecule has 0 fully saturated rings. The van der Waals surface area contributed by atoms with Crippen LogP contribution < -0.4 is 14.8 Å². The Balaban J connectivity index is 2.06. The summed E-state index contributed by atoms with van der Waals surface area (Å²) in [7, 11) is 3.24. The van der Waals surface area contributed by atoms with Crippen LogP contribution in [0.15, 0.2) is 24.3 Å². The lowest BCUT2D eigenvalue weighted by Gasteiger charge is -2.11. The van der Waals surface area contributed by atoms with E-state index in [0.29, 0.717) is 23.1 Å². The molecule has 7 heteroatoms. The van der Waals surface area contributed by atoms with Gasteiger partial charge in [0.25, 0.3) is 5.78 Å². The van der Waals surface area contributed by atoms with Gasteiger partial charge in [0.15, 0.2) is 0 Å². The minimum Gasteiger partial charge on any atom is -0.497 e. The summed E-state index contributed by atoms with van der Waals surface area (Å²) in [5, 5.41) is 7.66. The molecule has 0 spiro atoms. The van der Waals surface area contributed by atoms with Crippen molar-refractivity contribution in [3.63, 3.8) is 0 Å². The quantitative estimate of drug-likeness (QED) is 0.798. The number of methoxy groups -OCH3 is 2. The third-order valence-electron chi connectivity index (χ3n) is 3.17. The minimum absolute atomic E-state index is 0.565. The molecule has 0 aliphatic rings. The number of ether oxygens (including phenoxy) is 2. The van der Waals surface area contributed by atoms with Gasteiger partial charge in [0.2, 0.25) is 0 Å². The highest BCUT2D eigenvalue weighted by molar-refractivity contribution is 5.62. The molecule has 2 aromatic heterocycles. The standard InChI is InChI=1S/C15H17N5O2/c1-9-5-14(20-15(16-9)17-10(2)19-20)18-11-6-12(21-3)8-13(7-11)22-4/h5-8,18H,1-4H3. The fourth-order valence-electron chi connectivity index (χ4n) is 2.20. The van der Waals surface area contributed by atoms with E-state index in [4.69, 9.17) is 9.47 Å². The van der Waals surface area contributed by atoms with E-state index in [-0.39, 0.29) is 0 Å². The Labute approximate surface area is 127 Å². The van der Waals surface area contributed by atoms with Crippen LogP contribution in [0.4, 0.5) is 11.5 Å². The highest BCUT2D eigenvalue weighted by Gasteiger charge is 2.09. The molecule has 7 nitrogen and oxygen atoms in total. The van der Waals surface area contributed by atoms with Gasteiger partial charge >= 0.3 is 0 Å². The molecule has 2 heterocycles. The van der Waals surface area contributed by atoms with Crippen LogP contribution in [0.5, 0.6) is 11.5 Å². The molecule has 0 amide bonds. The van der Waals surface area contributed by atoms with Crippen molar-refractivity contribution in [3.8, 4) is 11.5 Å². The van der Waals surface area contributed by atoms with Gasteiger partial charge in [-0.05, 0) is 13.8 Å². The second-order valence-corrected chi connectivity index (χ2v) is 4.88. The van der Waals surface area contributed by atoms with Crippen molar-refractivity contribution in [2.24, 2.45) is 0 Å². The molecule has 3 rings (SSSR count). The Morgan fingerprint density at radius 3 is 2.27 bits per heavy atom. The van der Waals surface area contributed by atoms with Crippen molar-refractivity contribution < 1.29 is 9.47 Å². The van der Waals surface area contributed by atoms with E-state index in [1.54, 1.807) is 18.7 Å². The molecule has 1 N–H and O–H groups in total. The predicted octanol–water partition coefficient (Wildman–Crippen LogP) is 2.50. The lowest BCUT2D eigenvalue weighted by Crippen LogP contribution is -2.03. The molecule has 0 atom stereocenters. The number of benzene rings is 1. The molecule has 1 aromatic carbocycles. The fraction of sp³-hybridized carbons (Fsp3) is 0.267. The molecule has 114 valence electrons. The molecule has 0 bridgehead atoms. The Morgan fingerprint density at radius 2 is 1.64 bits per heavy atom. The lowest BCUT2D eigenvalue weighted by atomic mass is 10.2. The van der Waals surface area contributed by atoms with E-state index in [0.717, 1.165) is 17.2 Å². The molecule has 0 saturated carbocycles. The zero-order chi connectivity index (χ0) is 15.7. The first-order valence-corrected chi connectivity index (χ1v) is 6.80. The highest BCUT2D eigenvalue weighted by atomic mass is 16.5. The Bertz CT molecular complexity index is 806. The number of nitrogens with zero attached hydrogens (tertiary/aromatic N) is 4. The molecule has 0 unspecified atom stereocenters. The number of nitrogens with one attached hydrogen (secondary N) is 1. The lowest BCUT2D eigenvalue weighted by molar-refractivity contribution is 0.395. The third-order valence-corrected chi connectivity index (χ3v) is 3.17. The summed E-state index contributed by atoms with van der Waals surface area (Å²) in [5.74, 6) is 3.43. The molecule has 0 radical (unpaired) electrons. The van der Waals surface area contributed by atoms with Gasteiger partial charge in [-0.25, -0.2) is 4.98 Å². The number of hydrogen-bond acceptors (Lipinski definition) is 6. The highest BCUT2D eigenvalue weighted by Crippen LogP contribution is 2.28. The molecular weight excluding hydrogens is 282 g/mol. The van der Waals surface area contributed by atoms with Gasteiger partial charge in [-0.15, -0.1) is 5.10 Å². The topological polar surface area (TPSA) is 73.6 Å². The summed E-state index contributed by atoms with van der Waals surface area (Å²) >= 11 is 0. The van der Waals surface area contributed by atoms with Crippen molar-refractivity contribution in [2.75, 3.05) is 19.5 Å². The molecule has 0 aliphatic heterocycles. The van der Waals surface area contributed by atoms with Crippen LogP contribution in [0.1, 0.15) is 11.5 Å². The fourth-order valence-corrected chi connectivity index (χ4v) is 2.20. The van der Waals surface area contributed by atoms with Crippen molar-refractivity contribution in [3.05, 3.63) is 35.8 Å². The van der Waals surface area contributed by atoms with Gasteiger partial charge in [0.05, 0.1) is 14.2 Å². The second-order valence-electron chi connectivity index (χ2n) is 4.88. The van der Waals surface area contributed by atoms with E-state index in [2.05, 4.69) is 20.4 Å². The van der Waals surface area contributed by atoms with Crippen molar-refractivity contribution >= 4 is 17.3 Å². The molecule has 3 aromatic rings. The van der Waals surface area contributed by atoms with Crippen molar-refractivity contribution in [1.82, 2.24) is 19.6 Å². The first-order chi connectivity index (χ1) is 10.6. The van der Waals surface area contributed by atoms with Gasteiger partial charge in [0.1, 0.15) is 23.1 Å². The first kappa shape index (κ1) is 14.1. The average molecular weight is 299 g/mol. The first-order valence-electron chi connectivity index (χ1n) is 6.80. The molecule has 0 aliphatic carbocycles. The SMILES string of the molecule is COc1cc(Nc2cc(C)nc3nc(C)nn23)cc(OC)c1. The number of fused-ring (bicyclic) bond motifs is 1. The number of hydrogen-bond donors (Lipinski definition) is 1. The maximum Gasteiger partial charge on any atom is 0.254 e. The Hall–Kier alpha value is -2.83. The van der Waals surface area contributed by atoms with Crippen molar-refractivity contribution in [1.29, 1.82) is 0 Å². The largest absolute Gasteiger partial charge is 0.497 e. The smallest absolute Gasteiger partial charge is 0.254 e. The van der Waals surface area contributed by atoms with Gasteiger partial charge in [-0.3, -0.25) is 0 Å². The summed E-state index contributed by atoms with van der Waals surface area (Å²) in [4.78, 5) is 8.66. The van der Waals surface area contributed by atoms with Crippen molar-refractivity contribution in [2.45, 2.75) is 13.8 Å². The van der Waals surface area contributed by atoms with Crippen LogP contribution in [0.2, 0.25) is 0 Å². The van der Waals surface area contributed by atoms with E-state index >= 15 is 0 Å². The maximum absolute atomic E-state index is 5.28. The summed E-state index contributed by atoms with van der Waals surface area (Å²) in [5.41, 5.74) is 1.69. The summed E-state index contributed by atoms with van der Waals surface area (Å²) in [6, 6.07) is 7.49. The zero-order valence-electron chi connectivity index (χ0n) is 12.9. The number of aromatic nitrogens is 4. The Morgan fingerprint density at radius 1 is 0.955 bits per heavy atom. The second kappa shape index (κ2) is 5.51. The van der Waals surface area contributed by atoms with E-state index < -0.39 is 0 Å². The third kappa shape index (κ3) is 2.65. The number of rotatable bonds is 4. The summed E-state index contributed by atoms with van der Waals surface area (Å²) in [6.45, 7) is 3.75. The van der Waals surface area contributed by atoms with Crippen LogP contribution in [-0.4, -0.2) is 33.8 Å². The van der Waals surface area contributed by atoms with Gasteiger partial charge in [-0.2, -0.15) is 9.50 Å². The van der Waals surface area contributed by atoms with Crippen LogP contribution in [0.25, 0.3) is 5.78 Å². The van der Waals surface area contributed by atoms with Crippen LogP contribution in [0, 0.1) is 13.8 Å². The number of aryl methyl sites for hydroxylation is 2. The van der Waals surface area contributed by atoms with Crippen LogP contribution in [-0.2, 0) is 0 Å².